The zero-order valence-electron chi connectivity index (χ0n) is 12.8. The summed E-state index contributed by atoms with van der Waals surface area (Å²) in [7, 11) is 0. The van der Waals surface area contributed by atoms with Gasteiger partial charge in [0, 0.05) is 6.42 Å². The van der Waals surface area contributed by atoms with Gasteiger partial charge in [0.05, 0.1) is 6.61 Å². The standard InChI is InChI=1S/C17H26O3/c1-4-5-6-14-7-9-15(10-8-14)11-16(17(18)19)20-12-13(2)3/h7-10,13,16H,4-6,11-12H2,1-3H3,(H,18,19)/t16-/m1/s1. The molecule has 0 aliphatic heterocycles. The zero-order valence-corrected chi connectivity index (χ0v) is 12.8. The smallest absolute Gasteiger partial charge is 0.333 e. The van der Waals surface area contributed by atoms with Gasteiger partial charge in [0.25, 0.3) is 0 Å². The van der Waals surface area contributed by atoms with Gasteiger partial charge in [0.2, 0.25) is 0 Å². The maximum Gasteiger partial charge on any atom is 0.333 e. The second-order valence-corrected chi connectivity index (χ2v) is 5.68. The molecule has 0 aromatic heterocycles. The summed E-state index contributed by atoms with van der Waals surface area (Å²) in [6, 6.07) is 8.21. The summed E-state index contributed by atoms with van der Waals surface area (Å²) in [6.45, 7) is 6.69. The maximum absolute atomic E-state index is 11.2. The van der Waals surface area contributed by atoms with Crippen LogP contribution in [-0.4, -0.2) is 23.8 Å². The summed E-state index contributed by atoms with van der Waals surface area (Å²) in [5.74, 6) is -0.547. The molecule has 0 saturated carbocycles. The van der Waals surface area contributed by atoms with Gasteiger partial charge in [-0.2, -0.15) is 0 Å². The molecule has 0 amide bonds. The molecule has 0 heterocycles. The second kappa shape index (κ2) is 8.75. The highest BCUT2D eigenvalue weighted by atomic mass is 16.5. The normalized spacial score (nSPS) is 12.6. The summed E-state index contributed by atoms with van der Waals surface area (Å²) >= 11 is 0. The quantitative estimate of drug-likeness (QED) is 0.749. The predicted octanol–water partition coefficient (Wildman–Crippen LogP) is 3.70. The van der Waals surface area contributed by atoms with Gasteiger partial charge >= 0.3 is 5.97 Å². The Kier molecular flexibility index (Phi) is 7.31. The minimum atomic E-state index is -0.888. The number of hydrogen-bond acceptors (Lipinski definition) is 2. The lowest BCUT2D eigenvalue weighted by molar-refractivity contribution is -0.150. The Labute approximate surface area is 122 Å². The molecular weight excluding hydrogens is 252 g/mol. The topological polar surface area (TPSA) is 46.5 Å². The molecule has 3 nitrogen and oxygen atoms in total. The molecule has 0 bridgehead atoms. The van der Waals surface area contributed by atoms with Crippen molar-refractivity contribution in [1.29, 1.82) is 0 Å². The van der Waals surface area contributed by atoms with Crippen LogP contribution in [0.3, 0.4) is 0 Å². The van der Waals surface area contributed by atoms with Crippen LogP contribution in [0.5, 0.6) is 0 Å². The molecule has 0 aliphatic rings. The van der Waals surface area contributed by atoms with Gasteiger partial charge in [-0.15, -0.1) is 0 Å². The molecule has 1 rings (SSSR count). The molecule has 20 heavy (non-hydrogen) atoms. The number of carbonyl (C=O) groups is 1. The van der Waals surface area contributed by atoms with Gasteiger partial charge < -0.3 is 9.84 Å². The lowest BCUT2D eigenvalue weighted by Crippen LogP contribution is -2.28. The van der Waals surface area contributed by atoms with Crippen molar-refractivity contribution in [2.24, 2.45) is 5.92 Å². The number of hydrogen-bond donors (Lipinski definition) is 1. The molecule has 0 saturated heterocycles. The highest BCUT2D eigenvalue weighted by Gasteiger charge is 2.19. The fourth-order valence-electron chi connectivity index (χ4n) is 1.96. The first-order valence-corrected chi connectivity index (χ1v) is 7.45. The molecular formula is C17H26O3. The van der Waals surface area contributed by atoms with Crippen molar-refractivity contribution in [2.75, 3.05) is 6.61 Å². The minimum Gasteiger partial charge on any atom is -0.479 e. The van der Waals surface area contributed by atoms with E-state index in [1.54, 1.807) is 0 Å². The van der Waals surface area contributed by atoms with E-state index in [1.807, 2.05) is 26.0 Å². The third-order valence-corrected chi connectivity index (χ3v) is 3.17. The van der Waals surface area contributed by atoms with E-state index in [-0.39, 0.29) is 0 Å². The number of benzene rings is 1. The van der Waals surface area contributed by atoms with E-state index in [0.29, 0.717) is 18.9 Å². The fourth-order valence-corrected chi connectivity index (χ4v) is 1.96. The van der Waals surface area contributed by atoms with E-state index in [9.17, 15) is 9.90 Å². The van der Waals surface area contributed by atoms with Crippen LogP contribution in [0, 0.1) is 5.92 Å². The average Bonchev–Trinajstić information content (AvgIpc) is 2.42. The SMILES string of the molecule is CCCCc1ccc(C[C@@H](OCC(C)C)C(=O)O)cc1. The second-order valence-electron chi connectivity index (χ2n) is 5.68. The predicted molar refractivity (Wildman–Crippen MR) is 81.0 cm³/mol. The summed E-state index contributed by atoms with van der Waals surface area (Å²) in [5.41, 5.74) is 2.33. The monoisotopic (exact) mass is 278 g/mol. The van der Waals surface area contributed by atoms with Gasteiger partial charge in [-0.05, 0) is 29.9 Å². The number of rotatable bonds is 9. The van der Waals surface area contributed by atoms with Crippen molar-refractivity contribution in [3.8, 4) is 0 Å². The first kappa shape index (κ1) is 16.7. The van der Waals surface area contributed by atoms with Crippen molar-refractivity contribution in [2.45, 2.75) is 52.6 Å². The Morgan fingerprint density at radius 3 is 2.30 bits per heavy atom. The third-order valence-electron chi connectivity index (χ3n) is 3.17. The van der Waals surface area contributed by atoms with Crippen LogP contribution in [0.4, 0.5) is 0 Å². The molecule has 1 aromatic carbocycles. The van der Waals surface area contributed by atoms with Crippen molar-refractivity contribution in [3.63, 3.8) is 0 Å². The van der Waals surface area contributed by atoms with Gasteiger partial charge in [0.15, 0.2) is 6.10 Å². The molecule has 1 aromatic rings. The lowest BCUT2D eigenvalue weighted by atomic mass is 10.0. The van der Waals surface area contributed by atoms with E-state index in [1.165, 1.54) is 18.4 Å². The molecule has 112 valence electrons. The van der Waals surface area contributed by atoms with Gasteiger partial charge in [-0.3, -0.25) is 0 Å². The maximum atomic E-state index is 11.2. The van der Waals surface area contributed by atoms with Gasteiger partial charge in [-0.25, -0.2) is 4.79 Å². The first-order valence-electron chi connectivity index (χ1n) is 7.45. The number of aryl methyl sites for hydroxylation is 1. The van der Waals surface area contributed by atoms with E-state index >= 15 is 0 Å². The van der Waals surface area contributed by atoms with Crippen LogP contribution < -0.4 is 0 Å². The number of carboxylic acid groups (broad SMARTS) is 1. The Bertz CT molecular complexity index is 395. The van der Waals surface area contributed by atoms with Crippen LogP contribution in [0.1, 0.15) is 44.7 Å². The van der Waals surface area contributed by atoms with Crippen LogP contribution >= 0.6 is 0 Å². The number of ether oxygens (including phenoxy) is 1. The summed E-state index contributed by atoms with van der Waals surface area (Å²) in [4.78, 5) is 11.2. The first-order chi connectivity index (χ1) is 9.52. The molecule has 0 unspecified atom stereocenters. The van der Waals surface area contributed by atoms with Crippen LogP contribution in [0.15, 0.2) is 24.3 Å². The zero-order chi connectivity index (χ0) is 15.0. The van der Waals surface area contributed by atoms with Crippen LogP contribution in [0.2, 0.25) is 0 Å². The Morgan fingerprint density at radius 1 is 1.20 bits per heavy atom. The Balaban J connectivity index is 2.57. The largest absolute Gasteiger partial charge is 0.479 e. The number of aliphatic carboxylic acids is 1. The molecule has 1 N–H and O–H groups in total. The molecule has 0 radical (unpaired) electrons. The van der Waals surface area contributed by atoms with Gasteiger partial charge in [0.1, 0.15) is 0 Å². The third kappa shape index (κ3) is 6.20. The lowest BCUT2D eigenvalue weighted by Gasteiger charge is -2.15. The summed E-state index contributed by atoms with van der Waals surface area (Å²) < 4.78 is 5.46. The molecule has 0 aliphatic carbocycles. The van der Waals surface area contributed by atoms with E-state index in [0.717, 1.165) is 12.0 Å². The Hall–Kier alpha value is -1.35. The van der Waals surface area contributed by atoms with Crippen molar-refractivity contribution in [1.82, 2.24) is 0 Å². The summed E-state index contributed by atoms with van der Waals surface area (Å²) in [6.07, 6.45) is 3.14. The molecule has 1 atom stereocenters. The number of carboxylic acids is 1. The van der Waals surface area contributed by atoms with Crippen LogP contribution in [-0.2, 0) is 22.4 Å². The Morgan fingerprint density at radius 2 is 1.80 bits per heavy atom. The summed E-state index contributed by atoms with van der Waals surface area (Å²) in [5, 5.41) is 9.19. The van der Waals surface area contributed by atoms with Gasteiger partial charge in [-0.1, -0.05) is 51.5 Å². The molecule has 3 heteroatoms. The van der Waals surface area contributed by atoms with Crippen LogP contribution in [0.25, 0.3) is 0 Å². The van der Waals surface area contributed by atoms with Crippen molar-refractivity contribution in [3.05, 3.63) is 35.4 Å². The van der Waals surface area contributed by atoms with Crippen molar-refractivity contribution < 1.29 is 14.6 Å². The minimum absolute atomic E-state index is 0.341. The molecule has 0 spiro atoms. The van der Waals surface area contributed by atoms with E-state index < -0.39 is 12.1 Å². The van der Waals surface area contributed by atoms with E-state index in [2.05, 4.69) is 19.1 Å². The fraction of sp³-hybridized carbons (Fsp3) is 0.588. The highest BCUT2D eigenvalue weighted by molar-refractivity contribution is 5.72. The molecule has 0 fully saturated rings. The average molecular weight is 278 g/mol. The van der Waals surface area contributed by atoms with E-state index in [4.69, 9.17) is 4.74 Å². The van der Waals surface area contributed by atoms with Crippen molar-refractivity contribution >= 4 is 5.97 Å². The number of unbranched alkanes of at least 4 members (excludes halogenated alkanes) is 1. The highest BCUT2D eigenvalue weighted by Crippen LogP contribution is 2.12.